The first-order chi connectivity index (χ1) is 9.91. The largest absolute Gasteiger partial charge is 0.478 e. The molecule has 0 radical (unpaired) electrons. The van der Waals surface area contributed by atoms with Crippen LogP contribution in [0.2, 0.25) is 0 Å². The molecule has 0 bridgehead atoms. The lowest BCUT2D eigenvalue weighted by Gasteiger charge is -2.38. The molecule has 4 nitrogen and oxygen atoms in total. The van der Waals surface area contributed by atoms with Gasteiger partial charge in [0, 0.05) is 5.56 Å². The number of rotatable bonds is 1. The third-order valence-electron chi connectivity index (χ3n) is 2.82. The van der Waals surface area contributed by atoms with E-state index in [9.17, 15) is 9.90 Å². The van der Waals surface area contributed by atoms with Gasteiger partial charge < -0.3 is 14.6 Å². The van der Waals surface area contributed by atoms with E-state index in [1.165, 1.54) is 6.07 Å². The molecular formula is C12H8Cl6O4. The van der Waals surface area contributed by atoms with Crippen molar-refractivity contribution in [1.29, 1.82) is 0 Å². The molecule has 122 valence electrons. The number of aromatic carboxylic acids is 1. The van der Waals surface area contributed by atoms with Crippen LogP contribution in [0.25, 0.3) is 0 Å². The smallest absolute Gasteiger partial charge is 0.339 e. The first kappa shape index (κ1) is 18.5. The average Bonchev–Trinajstić information content (AvgIpc) is 2.33. The molecule has 22 heavy (non-hydrogen) atoms. The van der Waals surface area contributed by atoms with E-state index in [1.807, 2.05) is 0 Å². The summed E-state index contributed by atoms with van der Waals surface area (Å²) in [5, 5.41) is 9.32. The molecule has 0 aliphatic carbocycles. The molecule has 0 saturated carbocycles. The molecule has 2 unspecified atom stereocenters. The maximum atomic E-state index is 11.4. The van der Waals surface area contributed by atoms with Crippen LogP contribution in [0.3, 0.4) is 0 Å². The number of benzene rings is 1. The predicted octanol–water partition coefficient (Wildman–Crippen LogP) is 5.21. The van der Waals surface area contributed by atoms with Crippen molar-refractivity contribution in [3.8, 4) is 5.75 Å². The highest BCUT2D eigenvalue weighted by atomic mass is 35.6. The van der Waals surface area contributed by atoms with E-state index >= 15 is 0 Å². The van der Waals surface area contributed by atoms with E-state index in [0.717, 1.165) is 0 Å². The van der Waals surface area contributed by atoms with Gasteiger partial charge in [0.1, 0.15) is 17.4 Å². The van der Waals surface area contributed by atoms with Crippen LogP contribution in [-0.2, 0) is 4.74 Å². The van der Waals surface area contributed by atoms with Crippen LogP contribution < -0.4 is 4.74 Å². The summed E-state index contributed by atoms with van der Waals surface area (Å²) in [5.74, 6) is -1.29. The Labute approximate surface area is 156 Å². The first-order valence-corrected chi connectivity index (χ1v) is 8.01. The van der Waals surface area contributed by atoms with Crippen LogP contribution in [0.5, 0.6) is 5.75 Å². The Hall–Kier alpha value is 0.190. The van der Waals surface area contributed by atoms with Crippen molar-refractivity contribution in [2.45, 2.75) is 26.9 Å². The topological polar surface area (TPSA) is 55.8 Å². The summed E-state index contributed by atoms with van der Waals surface area (Å²) >= 11 is 35.0. The second-order valence-corrected chi connectivity index (χ2v) is 9.32. The zero-order valence-corrected chi connectivity index (χ0v) is 15.3. The Morgan fingerprint density at radius 1 is 1.14 bits per heavy atom. The highest BCUT2D eigenvalue weighted by molar-refractivity contribution is 6.68. The zero-order valence-electron chi connectivity index (χ0n) is 10.7. The molecule has 0 aromatic heterocycles. The molecule has 0 fully saturated rings. The SMILES string of the molecule is Cc1cc(C(=O)O)c2c(c1)C(C(Cl)(Cl)Cl)OC(C(Cl)(Cl)Cl)O2. The highest BCUT2D eigenvalue weighted by Crippen LogP contribution is 2.52. The molecule has 1 aliphatic rings. The van der Waals surface area contributed by atoms with Crippen molar-refractivity contribution in [3.63, 3.8) is 0 Å². The van der Waals surface area contributed by atoms with E-state index in [2.05, 4.69) is 0 Å². The fourth-order valence-electron chi connectivity index (χ4n) is 2.02. The van der Waals surface area contributed by atoms with Gasteiger partial charge in [-0.1, -0.05) is 69.6 Å². The molecule has 2 rings (SSSR count). The lowest BCUT2D eigenvalue weighted by molar-refractivity contribution is -0.136. The van der Waals surface area contributed by atoms with Crippen molar-refractivity contribution < 1.29 is 19.4 Å². The van der Waals surface area contributed by atoms with Crippen LogP contribution in [0.4, 0.5) is 0 Å². The lowest BCUT2D eigenvalue weighted by atomic mass is 10.00. The van der Waals surface area contributed by atoms with Gasteiger partial charge in [0.05, 0.1) is 0 Å². The minimum atomic E-state index is -2.01. The van der Waals surface area contributed by atoms with Crippen molar-refractivity contribution in [3.05, 3.63) is 28.8 Å². The fraction of sp³-hybridized carbons (Fsp3) is 0.417. The van der Waals surface area contributed by atoms with E-state index in [0.29, 0.717) is 5.56 Å². The molecule has 1 aromatic rings. The van der Waals surface area contributed by atoms with Crippen molar-refractivity contribution in [2.24, 2.45) is 0 Å². The molecule has 1 N–H and O–H groups in total. The number of aryl methyl sites for hydroxylation is 1. The van der Waals surface area contributed by atoms with Crippen LogP contribution in [0, 0.1) is 6.92 Å². The van der Waals surface area contributed by atoms with Crippen molar-refractivity contribution >= 4 is 75.6 Å². The molecule has 0 spiro atoms. The van der Waals surface area contributed by atoms with Gasteiger partial charge in [-0.3, -0.25) is 0 Å². The highest BCUT2D eigenvalue weighted by Gasteiger charge is 2.49. The Morgan fingerprint density at radius 3 is 2.18 bits per heavy atom. The number of carbonyl (C=O) groups is 1. The quantitative estimate of drug-likeness (QED) is 0.624. The van der Waals surface area contributed by atoms with Gasteiger partial charge in [0.15, 0.2) is 0 Å². The predicted molar refractivity (Wildman–Crippen MR) is 87.0 cm³/mol. The third-order valence-corrected chi connectivity index (χ3v) is 3.95. The maximum Gasteiger partial charge on any atom is 0.339 e. The molecule has 2 atom stereocenters. The standard InChI is InChI=1S/C12H8Cl6O4/c1-4-2-5-7(6(3-4)9(19)20)21-10(12(16,17)18)22-8(5)11(13,14)15/h2-3,8,10H,1H3,(H,19,20). The summed E-state index contributed by atoms with van der Waals surface area (Å²) in [7, 11) is 0. The van der Waals surface area contributed by atoms with Gasteiger partial charge in [-0.05, 0) is 24.6 Å². The van der Waals surface area contributed by atoms with Gasteiger partial charge in [-0.25, -0.2) is 4.79 Å². The second kappa shape index (κ2) is 6.25. The monoisotopic (exact) mass is 426 g/mol. The number of halogens is 6. The molecule has 1 aromatic carbocycles. The van der Waals surface area contributed by atoms with E-state index in [-0.39, 0.29) is 16.9 Å². The summed E-state index contributed by atoms with van der Waals surface area (Å²) in [4.78, 5) is 11.4. The molecule has 10 heteroatoms. The van der Waals surface area contributed by atoms with E-state index in [1.54, 1.807) is 13.0 Å². The minimum absolute atomic E-state index is 0.0583. The maximum absolute atomic E-state index is 11.4. The van der Waals surface area contributed by atoms with Crippen LogP contribution in [-0.4, -0.2) is 25.0 Å². The van der Waals surface area contributed by atoms with Gasteiger partial charge >= 0.3 is 5.97 Å². The van der Waals surface area contributed by atoms with Gasteiger partial charge in [-0.15, -0.1) is 0 Å². The Bertz CT molecular complexity index is 607. The van der Waals surface area contributed by atoms with Crippen LogP contribution in [0.15, 0.2) is 12.1 Å². The normalized spacial score (nSPS) is 22.0. The molecule has 0 saturated heterocycles. The van der Waals surface area contributed by atoms with E-state index < -0.39 is 25.9 Å². The van der Waals surface area contributed by atoms with Gasteiger partial charge in [0.2, 0.25) is 10.1 Å². The average molecular weight is 429 g/mol. The number of fused-ring (bicyclic) bond motifs is 1. The molecular weight excluding hydrogens is 421 g/mol. The first-order valence-electron chi connectivity index (χ1n) is 5.74. The summed E-state index contributed by atoms with van der Waals surface area (Å²) in [5.41, 5.74) is 0.731. The summed E-state index contributed by atoms with van der Waals surface area (Å²) in [6, 6.07) is 2.99. The molecule has 0 amide bonds. The fourth-order valence-corrected chi connectivity index (χ4v) is 2.81. The summed E-state index contributed by atoms with van der Waals surface area (Å²) < 4.78 is 6.89. The second-order valence-electron chi connectivity index (χ2n) is 4.59. The summed E-state index contributed by atoms with van der Waals surface area (Å²) in [6.45, 7) is 1.68. The molecule has 1 heterocycles. The number of hydrogen-bond donors (Lipinski definition) is 1. The Balaban J connectivity index is 2.66. The summed E-state index contributed by atoms with van der Waals surface area (Å²) in [6.07, 6.45) is -2.61. The lowest BCUT2D eigenvalue weighted by Crippen LogP contribution is -2.42. The number of ether oxygens (including phenoxy) is 2. The number of hydrogen-bond acceptors (Lipinski definition) is 3. The third kappa shape index (κ3) is 3.81. The number of carboxylic acid groups (broad SMARTS) is 1. The minimum Gasteiger partial charge on any atom is -0.478 e. The number of carboxylic acids is 1. The van der Waals surface area contributed by atoms with Crippen molar-refractivity contribution in [2.75, 3.05) is 0 Å². The van der Waals surface area contributed by atoms with Crippen LogP contribution >= 0.6 is 69.6 Å². The van der Waals surface area contributed by atoms with E-state index in [4.69, 9.17) is 79.1 Å². The molecule has 1 aliphatic heterocycles. The zero-order chi connectivity index (χ0) is 16.9. The Morgan fingerprint density at radius 2 is 1.73 bits per heavy atom. The van der Waals surface area contributed by atoms with Gasteiger partial charge in [0.25, 0.3) is 3.79 Å². The Kier molecular flexibility index (Phi) is 5.26. The van der Waals surface area contributed by atoms with Gasteiger partial charge in [-0.2, -0.15) is 0 Å². The van der Waals surface area contributed by atoms with Crippen molar-refractivity contribution in [1.82, 2.24) is 0 Å². The number of alkyl halides is 6. The van der Waals surface area contributed by atoms with Crippen LogP contribution in [0.1, 0.15) is 27.6 Å².